The van der Waals surface area contributed by atoms with E-state index in [4.69, 9.17) is 4.74 Å². The lowest BCUT2D eigenvalue weighted by atomic mass is 10.1. The van der Waals surface area contributed by atoms with Crippen molar-refractivity contribution in [3.8, 4) is 17.3 Å². The number of Topliss-reactive ketones (excluding diaryl/α,β-unsaturated/α-hetero) is 1. The maximum absolute atomic E-state index is 12.5. The number of nitrogens with one attached hydrogen (secondary N) is 1. The molecule has 1 N–H and O–H groups in total. The molecule has 0 unspecified atom stereocenters. The lowest BCUT2D eigenvalue weighted by molar-refractivity contribution is 0.0527. The highest BCUT2D eigenvalue weighted by Crippen LogP contribution is 2.35. The monoisotopic (exact) mass is 465 g/mol. The van der Waals surface area contributed by atoms with Gasteiger partial charge in [0.2, 0.25) is 0 Å². The molecule has 0 saturated carbocycles. The summed E-state index contributed by atoms with van der Waals surface area (Å²) < 4.78 is 5.15. The van der Waals surface area contributed by atoms with Crippen molar-refractivity contribution in [2.75, 3.05) is 11.9 Å². The van der Waals surface area contributed by atoms with Crippen molar-refractivity contribution < 1.29 is 14.3 Å². The maximum Gasteiger partial charge on any atom is 0.341 e. The summed E-state index contributed by atoms with van der Waals surface area (Å²) in [7, 11) is 0. The number of hydrogen-bond donors (Lipinski definition) is 1. The molecule has 0 aliphatic rings. The smallest absolute Gasteiger partial charge is 0.341 e. The Morgan fingerprint density at radius 2 is 2.00 bits per heavy atom. The minimum absolute atomic E-state index is 0.131. The summed E-state index contributed by atoms with van der Waals surface area (Å²) in [5.74, 6) is -0.636. The van der Waals surface area contributed by atoms with Crippen LogP contribution in [0.15, 0.2) is 29.8 Å². The number of carbonyl (C=O) groups excluding carboxylic acids is 2. The van der Waals surface area contributed by atoms with E-state index in [2.05, 4.69) is 42.4 Å². The summed E-state index contributed by atoms with van der Waals surface area (Å²) >= 11 is 2.54. The molecule has 2 aromatic heterocycles. The molecule has 0 aliphatic carbocycles. The first-order valence-electron chi connectivity index (χ1n) is 9.98. The Labute approximate surface area is 195 Å². The van der Waals surface area contributed by atoms with Gasteiger partial charge in [0.25, 0.3) is 0 Å². The zero-order valence-electron chi connectivity index (χ0n) is 18.5. The topological polar surface area (TPSA) is 92.1 Å². The minimum Gasteiger partial charge on any atom is -0.462 e. The molecule has 3 aromatic rings. The van der Waals surface area contributed by atoms with Crippen LogP contribution < -0.4 is 5.32 Å². The number of hydrogen-bond acceptors (Lipinski definition) is 8. The Morgan fingerprint density at radius 3 is 2.62 bits per heavy atom. The van der Waals surface area contributed by atoms with Gasteiger partial charge in [0, 0.05) is 17.1 Å². The summed E-state index contributed by atoms with van der Waals surface area (Å²) in [4.78, 5) is 29.5. The van der Waals surface area contributed by atoms with Gasteiger partial charge in [-0.25, -0.2) is 9.78 Å². The number of nitriles is 1. The highest BCUT2D eigenvalue weighted by molar-refractivity contribution is 7.18. The highest BCUT2D eigenvalue weighted by atomic mass is 32.1. The van der Waals surface area contributed by atoms with E-state index in [9.17, 15) is 14.9 Å². The van der Waals surface area contributed by atoms with Crippen LogP contribution in [0.25, 0.3) is 16.8 Å². The summed E-state index contributed by atoms with van der Waals surface area (Å²) in [6.07, 6.45) is 1.51. The Kier molecular flexibility index (Phi) is 7.23. The van der Waals surface area contributed by atoms with E-state index in [1.807, 2.05) is 11.4 Å². The van der Waals surface area contributed by atoms with Crippen molar-refractivity contribution in [1.82, 2.24) is 4.98 Å². The number of ether oxygens (including phenoxy) is 1. The Morgan fingerprint density at radius 1 is 1.25 bits per heavy atom. The molecule has 0 radical (unpaired) electrons. The molecule has 0 bridgehead atoms. The third-order valence-corrected chi connectivity index (χ3v) is 7.15. The molecular formula is C24H23N3O3S2. The van der Waals surface area contributed by atoms with Crippen LogP contribution in [0.5, 0.6) is 0 Å². The van der Waals surface area contributed by atoms with Crippen molar-refractivity contribution in [2.45, 2.75) is 34.6 Å². The van der Waals surface area contributed by atoms with Gasteiger partial charge in [-0.15, -0.1) is 22.7 Å². The third-order valence-electron chi connectivity index (χ3n) is 4.95. The number of allylic oxidation sites excluding steroid dienone is 1. The average molecular weight is 466 g/mol. The molecule has 0 amide bonds. The van der Waals surface area contributed by atoms with Crippen molar-refractivity contribution in [3.05, 3.63) is 61.9 Å². The van der Waals surface area contributed by atoms with Crippen LogP contribution in [-0.4, -0.2) is 23.3 Å². The first-order valence-corrected chi connectivity index (χ1v) is 11.7. The number of aryl methyl sites for hydroxylation is 2. The van der Waals surface area contributed by atoms with Crippen molar-refractivity contribution in [1.29, 1.82) is 5.26 Å². The number of carbonyl (C=O) groups is 2. The van der Waals surface area contributed by atoms with E-state index in [1.165, 1.54) is 46.9 Å². The van der Waals surface area contributed by atoms with Crippen molar-refractivity contribution in [3.63, 3.8) is 0 Å². The molecule has 0 fully saturated rings. The molecule has 0 saturated heterocycles. The number of esters is 1. The van der Waals surface area contributed by atoms with Crippen LogP contribution in [0.3, 0.4) is 0 Å². The van der Waals surface area contributed by atoms with Crippen LogP contribution in [0.2, 0.25) is 0 Å². The number of thiazole rings is 1. The average Bonchev–Trinajstić information content (AvgIpc) is 3.36. The fourth-order valence-corrected chi connectivity index (χ4v) is 4.96. The fraction of sp³-hybridized carbons (Fsp3) is 0.250. The van der Waals surface area contributed by atoms with Crippen LogP contribution in [0, 0.1) is 32.1 Å². The zero-order valence-corrected chi connectivity index (χ0v) is 20.2. The third kappa shape index (κ3) is 4.79. The standard InChI is InChI=1S/C24H23N3O3S2/c1-6-30-24(29)20-15(4)21(16(5)28)32-23(20)26-11-18(10-25)22-27-19(12-31-22)17-8-7-13(2)14(3)9-17/h7-9,11-12,26H,6H2,1-5H3/b18-11-. The minimum atomic E-state index is -0.505. The van der Waals surface area contributed by atoms with Gasteiger partial charge in [0.1, 0.15) is 21.7 Å². The molecule has 1 aromatic carbocycles. The predicted octanol–water partition coefficient (Wildman–Crippen LogP) is 6.15. The van der Waals surface area contributed by atoms with Crippen LogP contribution in [0.4, 0.5) is 5.00 Å². The van der Waals surface area contributed by atoms with Gasteiger partial charge >= 0.3 is 5.97 Å². The molecule has 0 atom stereocenters. The quantitative estimate of drug-likeness (QED) is 0.255. The lowest BCUT2D eigenvalue weighted by Crippen LogP contribution is -2.08. The molecule has 0 spiro atoms. The largest absolute Gasteiger partial charge is 0.462 e. The predicted molar refractivity (Wildman–Crippen MR) is 129 cm³/mol. The molecule has 164 valence electrons. The fourth-order valence-electron chi connectivity index (χ4n) is 3.11. The summed E-state index contributed by atoms with van der Waals surface area (Å²) in [5, 5.41) is 15.7. The van der Waals surface area contributed by atoms with E-state index in [-0.39, 0.29) is 12.4 Å². The van der Waals surface area contributed by atoms with Crippen molar-refractivity contribution in [2.24, 2.45) is 0 Å². The SMILES string of the molecule is CCOC(=O)c1c(N/C=C(/C#N)c2nc(-c3ccc(C)c(C)c3)cs2)sc(C(C)=O)c1C. The van der Waals surface area contributed by atoms with Gasteiger partial charge in [0.05, 0.1) is 22.7 Å². The number of ketones is 1. The number of anilines is 1. The van der Waals surface area contributed by atoms with Gasteiger partial charge in [-0.2, -0.15) is 5.26 Å². The maximum atomic E-state index is 12.5. The molecule has 2 heterocycles. The first kappa shape index (κ1) is 23.4. The normalized spacial score (nSPS) is 11.2. The second-order valence-corrected chi connectivity index (χ2v) is 9.07. The molecule has 3 rings (SSSR count). The molecule has 6 nitrogen and oxygen atoms in total. The lowest BCUT2D eigenvalue weighted by Gasteiger charge is -2.05. The second-order valence-electron chi connectivity index (χ2n) is 7.19. The van der Waals surface area contributed by atoms with E-state index >= 15 is 0 Å². The second kappa shape index (κ2) is 9.90. The molecule has 8 heteroatoms. The molecule has 32 heavy (non-hydrogen) atoms. The molecule has 0 aliphatic heterocycles. The Bertz CT molecular complexity index is 1260. The number of aromatic nitrogens is 1. The Balaban J connectivity index is 1.93. The van der Waals surface area contributed by atoms with Crippen LogP contribution >= 0.6 is 22.7 Å². The number of thiophene rings is 1. The number of benzene rings is 1. The van der Waals surface area contributed by atoms with Crippen LogP contribution in [0.1, 0.15) is 55.6 Å². The van der Waals surface area contributed by atoms with Gasteiger partial charge in [-0.1, -0.05) is 12.1 Å². The van der Waals surface area contributed by atoms with E-state index in [0.29, 0.717) is 31.6 Å². The number of rotatable bonds is 7. The van der Waals surface area contributed by atoms with Gasteiger partial charge in [0.15, 0.2) is 5.78 Å². The zero-order chi connectivity index (χ0) is 23.4. The van der Waals surface area contributed by atoms with Crippen LogP contribution in [-0.2, 0) is 4.74 Å². The molecular weight excluding hydrogens is 442 g/mol. The summed E-state index contributed by atoms with van der Waals surface area (Å²) in [6.45, 7) is 9.23. The van der Waals surface area contributed by atoms with Gasteiger partial charge in [-0.3, -0.25) is 4.79 Å². The first-order chi connectivity index (χ1) is 15.3. The van der Waals surface area contributed by atoms with E-state index in [0.717, 1.165) is 11.3 Å². The van der Waals surface area contributed by atoms with Crippen molar-refractivity contribution >= 4 is 45.0 Å². The number of nitrogens with zero attached hydrogens (tertiary/aromatic N) is 2. The van der Waals surface area contributed by atoms with E-state index < -0.39 is 5.97 Å². The highest BCUT2D eigenvalue weighted by Gasteiger charge is 2.24. The summed E-state index contributed by atoms with van der Waals surface area (Å²) in [6, 6.07) is 8.30. The van der Waals surface area contributed by atoms with Gasteiger partial charge in [-0.05, 0) is 57.4 Å². The van der Waals surface area contributed by atoms with Gasteiger partial charge < -0.3 is 10.1 Å². The summed E-state index contributed by atoms with van der Waals surface area (Å²) in [5.41, 5.74) is 5.38. The Hall–Kier alpha value is -3.28. The van der Waals surface area contributed by atoms with E-state index in [1.54, 1.807) is 13.8 Å².